The van der Waals surface area contributed by atoms with E-state index in [0.29, 0.717) is 0 Å². The number of nitrogens with zero attached hydrogens (tertiary/aromatic N) is 5. The molecular weight excluding hydrogens is 322 g/mol. The first-order valence-electron chi connectivity index (χ1n) is 8.46. The Bertz CT molecular complexity index is 781. The molecule has 126 valence electrons. The average molecular weight is 343 g/mol. The lowest BCUT2D eigenvalue weighted by molar-refractivity contribution is 0.271. The molecule has 1 fully saturated rings. The summed E-state index contributed by atoms with van der Waals surface area (Å²) in [6.07, 6.45) is 1.91. The van der Waals surface area contributed by atoms with Crippen molar-refractivity contribution in [2.24, 2.45) is 0 Å². The molecular formula is C17H21N5OS. The molecule has 0 spiro atoms. The molecule has 0 radical (unpaired) electrons. The summed E-state index contributed by atoms with van der Waals surface area (Å²) in [6.45, 7) is 6.86. The number of hydrogen-bond acceptors (Lipinski definition) is 7. The monoisotopic (exact) mass is 343 g/mol. The Hall–Kier alpha value is -1.99. The summed E-state index contributed by atoms with van der Waals surface area (Å²) < 4.78 is 6.46. The van der Waals surface area contributed by atoms with Gasteiger partial charge in [0.15, 0.2) is 11.0 Å². The summed E-state index contributed by atoms with van der Waals surface area (Å²) in [5.41, 5.74) is 1.09. The van der Waals surface area contributed by atoms with Gasteiger partial charge in [-0.25, -0.2) is 4.98 Å². The second-order valence-electron chi connectivity index (χ2n) is 6.04. The van der Waals surface area contributed by atoms with Crippen molar-refractivity contribution in [3.05, 3.63) is 36.0 Å². The molecule has 2 aromatic heterocycles. The number of hydrogen-bond donors (Lipinski definition) is 0. The van der Waals surface area contributed by atoms with E-state index in [1.807, 2.05) is 13.0 Å². The molecule has 7 heteroatoms. The number of thiazole rings is 1. The van der Waals surface area contributed by atoms with Gasteiger partial charge in [-0.1, -0.05) is 35.5 Å². The number of aromatic nitrogens is 3. The minimum absolute atomic E-state index is 0.718. The van der Waals surface area contributed by atoms with Crippen LogP contribution in [0.15, 0.2) is 28.8 Å². The molecule has 0 amide bonds. The first kappa shape index (κ1) is 15.5. The highest BCUT2D eigenvalue weighted by Crippen LogP contribution is 2.29. The number of rotatable bonds is 4. The predicted molar refractivity (Wildman–Crippen MR) is 95.4 cm³/mol. The third-order valence-electron chi connectivity index (χ3n) is 4.32. The van der Waals surface area contributed by atoms with Gasteiger partial charge in [-0.05, 0) is 18.6 Å². The molecule has 0 saturated carbocycles. The van der Waals surface area contributed by atoms with Gasteiger partial charge in [0.1, 0.15) is 0 Å². The van der Waals surface area contributed by atoms with Crippen LogP contribution in [0.5, 0.6) is 0 Å². The largest absolute Gasteiger partial charge is 0.347 e. The minimum atomic E-state index is 0.718. The maximum absolute atomic E-state index is 5.20. The average Bonchev–Trinajstić information content (AvgIpc) is 3.17. The van der Waals surface area contributed by atoms with E-state index in [0.717, 1.165) is 67.9 Å². The predicted octanol–water partition coefficient (Wildman–Crippen LogP) is 2.95. The Morgan fingerprint density at radius 3 is 2.88 bits per heavy atom. The zero-order valence-corrected chi connectivity index (χ0v) is 14.6. The van der Waals surface area contributed by atoms with Crippen LogP contribution in [0.3, 0.4) is 0 Å². The van der Waals surface area contributed by atoms with Gasteiger partial charge < -0.3 is 9.42 Å². The lowest BCUT2D eigenvalue weighted by Gasteiger charge is -2.20. The van der Waals surface area contributed by atoms with Crippen LogP contribution in [0.25, 0.3) is 10.2 Å². The summed E-state index contributed by atoms with van der Waals surface area (Å²) >= 11 is 1.78. The van der Waals surface area contributed by atoms with Crippen LogP contribution in [0.4, 0.5) is 5.13 Å². The maximum atomic E-state index is 5.20. The fourth-order valence-corrected chi connectivity index (χ4v) is 4.03. The number of anilines is 1. The quantitative estimate of drug-likeness (QED) is 0.726. The number of para-hydroxylation sites is 1. The van der Waals surface area contributed by atoms with Crippen molar-refractivity contribution >= 4 is 26.7 Å². The Labute approximate surface area is 145 Å². The number of benzene rings is 1. The highest BCUT2D eigenvalue weighted by atomic mass is 32.1. The molecule has 0 aliphatic carbocycles. The van der Waals surface area contributed by atoms with Crippen molar-refractivity contribution in [3.8, 4) is 0 Å². The van der Waals surface area contributed by atoms with Crippen molar-refractivity contribution in [1.82, 2.24) is 20.0 Å². The standard InChI is InChI=1S/C17H21N5OS/c1-2-16-19-15(20-23-16)12-21-8-5-9-22(11-10-21)17-18-13-6-3-4-7-14(13)24-17/h3-4,6-7H,2,5,8-12H2,1H3. The van der Waals surface area contributed by atoms with Gasteiger partial charge in [0.2, 0.25) is 5.89 Å². The van der Waals surface area contributed by atoms with Crippen LogP contribution in [-0.4, -0.2) is 46.2 Å². The summed E-state index contributed by atoms with van der Waals surface area (Å²) in [6, 6.07) is 8.35. The van der Waals surface area contributed by atoms with Crippen LogP contribution in [0.1, 0.15) is 25.1 Å². The lowest BCUT2D eigenvalue weighted by Crippen LogP contribution is -2.30. The van der Waals surface area contributed by atoms with Crippen molar-refractivity contribution in [2.75, 3.05) is 31.1 Å². The van der Waals surface area contributed by atoms with Crippen molar-refractivity contribution < 1.29 is 4.52 Å². The van der Waals surface area contributed by atoms with E-state index < -0.39 is 0 Å². The first-order valence-corrected chi connectivity index (χ1v) is 9.28. The fraction of sp³-hybridized carbons (Fsp3) is 0.471. The van der Waals surface area contributed by atoms with Gasteiger partial charge >= 0.3 is 0 Å². The van der Waals surface area contributed by atoms with Gasteiger partial charge in [-0.15, -0.1) is 0 Å². The number of aryl methyl sites for hydroxylation is 1. The van der Waals surface area contributed by atoms with E-state index in [1.54, 1.807) is 11.3 Å². The summed E-state index contributed by atoms with van der Waals surface area (Å²) in [7, 11) is 0. The lowest BCUT2D eigenvalue weighted by atomic mass is 10.3. The smallest absolute Gasteiger partial charge is 0.226 e. The van der Waals surface area contributed by atoms with Crippen molar-refractivity contribution in [3.63, 3.8) is 0 Å². The van der Waals surface area contributed by atoms with Crippen LogP contribution in [-0.2, 0) is 13.0 Å². The summed E-state index contributed by atoms with van der Waals surface area (Å²) in [4.78, 5) is 14.0. The third-order valence-corrected chi connectivity index (χ3v) is 5.42. The van der Waals surface area contributed by atoms with E-state index >= 15 is 0 Å². The second kappa shape index (κ2) is 6.86. The minimum Gasteiger partial charge on any atom is -0.347 e. The fourth-order valence-electron chi connectivity index (χ4n) is 3.01. The Morgan fingerprint density at radius 1 is 1.12 bits per heavy atom. The highest BCUT2D eigenvalue weighted by Gasteiger charge is 2.19. The molecule has 0 unspecified atom stereocenters. The molecule has 1 aliphatic rings. The summed E-state index contributed by atoms with van der Waals surface area (Å²) in [5.74, 6) is 1.51. The molecule has 3 heterocycles. The van der Waals surface area contributed by atoms with Crippen molar-refractivity contribution in [1.29, 1.82) is 0 Å². The molecule has 24 heavy (non-hydrogen) atoms. The third kappa shape index (κ3) is 3.27. The molecule has 4 rings (SSSR count). The summed E-state index contributed by atoms with van der Waals surface area (Å²) in [5, 5.41) is 5.20. The Kier molecular flexibility index (Phi) is 4.44. The molecule has 3 aromatic rings. The zero-order chi connectivity index (χ0) is 16.4. The topological polar surface area (TPSA) is 58.3 Å². The SMILES string of the molecule is CCc1nc(CN2CCCN(c3nc4ccccc4s3)CC2)no1. The zero-order valence-electron chi connectivity index (χ0n) is 13.8. The van der Waals surface area contributed by atoms with Crippen molar-refractivity contribution in [2.45, 2.75) is 26.3 Å². The molecule has 6 nitrogen and oxygen atoms in total. The molecule has 1 aromatic carbocycles. The van der Waals surface area contributed by atoms with E-state index in [1.165, 1.54) is 4.70 Å². The molecule has 0 atom stereocenters. The van der Waals surface area contributed by atoms with Crippen LogP contribution in [0, 0.1) is 0 Å². The van der Waals surface area contributed by atoms with E-state index in [9.17, 15) is 0 Å². The molecule has 0 N–H and O–H groups in total. The molecule has 1 saturated heterocycles. The van der Waals surface area contributed by atoms with E-state index in [-0.39, 0.29) is 0 Å². The molecule has 1 aliphatic heterocycles. The maximum Gasteiger partial charge on any atom is 0.226 e. The van der Waals surface area contributed by atoms with Crippen LogP contribution < -0.4 is 4.90 Å². The van der Waals surface area contributed by atoms with Gasteiger partial charge in [-0.3, -0.25) is 4.90 Å². The van der Waals surface area contributed by atoms with Gasteiger partial charge in [0, 0.05) is 32.6 Å². The Morgan fingerprint density at radius 2 is 2.04 bits per heavy atom. The number of fused-ring (bicyclic) bond motifs is 1. The Balaban J connectivity index is 1.42. The van der Waals surface area contributed by atoms with Crippen LogP contribution in [0.2, 0.25) is 0 Å². The van der Waals surface area contributed by atoms with Gasteiger partial charge in [0.05, 0.1) is 16.8 Å². The first-order chi connectivity index (χ1) is 11.8. The normalized spacial score (nSPS) is 16.6. The van der Waals surface area contributed by atoms with Crippen LogP contribution >= 0.6 is 11.3 Å². The second-order valence-corrected chi connectivity index (χ2v) is 7.05. The van der Waals surface area contributed by atoms with Gasteiger partial charge in [0.25, 0.3) is 0 Å². The molecule has 0 bridgehead atoms. The van der Waals surface area contributed by atoms with E-state index in [2.05, 4.69) is 38.1 Å². The highest BCUT2D eigenvalue weighted by molar-refractivity contribution is 7.22. The van der Waals surface area contributed by atoms with E-state index in [4.69, 9.17) is 9.51 Å². The van der Waals surface area contributed by atoms with Gasteiger partial charge in [-0.2, -0.15) is 4.98 Å².